The first kappa shape index (κ1) is 64.3. The second-order valence-corrected chi connectivity index (χ2v) is 20.3. The summed E-state index contributed by atoms with van der Waals surface area (Å²) in [6.45, 7) is 4.88. The van der Waals surface area contributed by atoms with Crippen molar-refractivity contribution in [2.75, 3.05) is 13.2 Å². The van der Waals surface area contributed by atoms with Crippen LogP contribution in [-0.4, -0.2) is 47.4 Å². The molecular formula is C60H115NO5. The van der Waals surface area contributed by atoms with Crippen LogP contribution in [0.5, 0.6) is 0 Å². The molecule has 0 fully saturated rings. The van der Waals surface area contributed by atoms with E-state index in [0.29, 0.717) is 19.4 Å². The van der Waals surface area contributed by atoms with Gasteiger partial charge in [0.05, 0.1) is 25.4 Å². The summed E-state index contributed by atoms with van der Waals surface area (Å²) in [7, 11) is 0. The van der Waals surface area contributed by atoms with Gasteiger partial charge in [0.1, 0.15) is 0 Å². The third-order valence-corrected chi connectivity index (χ3v) is 13.7. The van der Waals surface area contributed by atoms with Gasteiger partial charge < -0.3 is 20.3 Å². The molecule has 0 aliphatic carbocycles. The van der Waals surface area contributed by atoms with Crippen LogP contribution in [0.2, 0.25) is 0 Å². The summed E-state index contributed by atoms with van der Waals surface area (Å²) in [5.41, 5.74) is 0. The maximum atomic E-state index is 12.5. The second kappa shape index (κ2) is 55.9. The Hall–Kier alpha value is -1.66. The summed E-state index contributed by atoms with van der Waals surface area (Å²) in [5.74, 6) is -0.102. The smallest absolute Gasteiger partial charge is 0.305 e. The zero-order valence-corrected chi connectivity index (χ0v) is 44.4. The van der Waals surface area contributed by atoms with Gasteiger partial charge in [0.2, 0.25) is 5.91 Å². The number of ether oxygens (including phenoxy) is 1. The van der Waals surface area contributed by atoms with E-state index in [2.05, 4.69) is 31.3 Å². The number of unbranched alkanes of at least 4 members (excludes halogenated alkanes) is 42. The number of nitrogens with one attached hydrogen (secondary N) is 1. The molecule has 6 nitrogen and oxygen atoms in total. The van der Waals surface area contributed by atoms with Crippen molar-refractivity contribution in [1.29, 1.82) is 0 Å². The van der Waals surface area contributed by atoms with E-state index >= 15 is 0 Å². The standard InChI is InChI=1S/C60H115NO5/c1-3-5-7-9-11-13-15-17-19-21-22-23-24-26-27-29-32-36-40-44-48-52-58(63)57(56-62)61-59(64)53-49-45-41-37-33-31-35-39-43-47-51-55-66-60(65)54-50-46-42-38-34-30-28-25-20-18-16-14-12-10-8-6-4-2/h18,20,48,52,57-58,62-63H,3-17,19,21-47,49-51,53-56H2,1-2H3,(H,61,64)/b20-18-,52-48+. The number of carbonyl (C=O) groups is 2. The van der Waals surface area contributed by atoms with Crippen LogP contribution in [-0.2, 0) is 14.3 Å². The highest BCUT2D eigenvalue weighted by Gasteiger charge is 2.18. The second-order valence-electron chi connectivity index (χ2n) is 20.3. The van der Waals surface area contributed by atoms with Gasteiger partial charge in [-0.25, -0.2) is 0 Å². The molecule has 66 heavy (non-hydrogen) atoms. The normalized spacial score (nSPS) is 12.7. The average Bonchev–Trinajstić information content (AvgIpc) is 3.32. The van der Waals surface area contributed by atoms with Crippen molar-refractivity contribution >= 4 is 11.9 Å². The van der Waals surface area contributed by atoms with Crippen LogP contribution in [0.1, 0.15) is 322 Å². The van der Waals surface area contributed by atoms with Crippen LogP contribution < -0.4 is 5.32 Å². The van der Waals surface area contributed by atoms with E-state index < -0.39 is 12.1 Å². The minimum Gasteiger partial charge on any atom is -0.466 e. The number of amides is 1. The first-order valence-corrected chi connectivity index (χ1v) is 29.6. The van der Waals surface area contributed by atoms with Gasteiger partial charge in [0, 0.05) is 12.8 Å². The number of carbonyl (C=O) groups excluding carboxylic acids is 2. The van der Waals surface area contributed by atoms with E-state index in [1.807, 2.05) is 6.08 Å². The molecular weight excluding hydrogens is 815 g/mol. The Bertz CT molecular complexity index is 1030. The number of hydrogen-bond acceptors (Lipinski definition) is 5. The molecule has 1 amide bonds. The van der Waals surface area contributed by atoms with E-state index in [4.69, 9.17) is 4.74 Å². The SMILES string of the molecule is CCCCCCCC/C=C\CCCCCCCCCC(=O)OCCCCCCCCCCCCCC(=O)NC(CO)C(O)/C=C/CCCCCCCCCCCCCCCCCCCCC. The molecule has 6 heteroatoms. The fraction of sp³-hybridized carbons (Fsp3) is 0.900. The Morgan fingerprint density at radius 1 is 0.409 bits per heavy atom. The largest absolute Gasteiger partial charge is 0.466 e. The highest BCUT2D eigenvalue weighted by atomic mass is 16.5. The zero-order chi connectivity index (χ0) is 47.9. The molecule has 0 rings (SSSR count). The lowest BCUT2D eigenvalue weighted by molar-refractivity contribution is -0.143. The summed E-state index contributed by atoms with van der Waals surface area (Å²) in [6, 6.07) is -0.643. The van der Waals surface area contributed by atoms with Crippen LogP contribution in [0.3, 0.4) is 0 Å². The molecule has 2 unspecified atom stereocenters. The Balaban J connectivity index is 3.49. The average molecular weight is 931 g/mol. The molecule has 0 saturated heterocycles. The molecule has 3 N–H and O–H groups in total. The lowest BCUT2D eigenvalue weighted by atomic mass is 10.0. The third kappa shape index (κ3) is 51.7. The molecule has 0 aliphatic rings. The number of allylic oxidation sites excluding steroid dienone is 3. The molecule has 0 aromatic rings. The highest BCUT2D eigenvalue weighted by Crippen LogP contribution is 2.17. The van der Waals surface area contributed by atoms with Crippen LogP contribution in [0.25, 0.3) is 0 Å². The molecule has 0 radical (unpaired) electrons. The van der Waals surface area contributed by atoms with Crippen molar-refractivity contribution in [2.45, 2.75) is 334 Å². The number of esters is 1. The summed E-state index contributed by atoms with van der Waals surface area (Å²) >= 11 is 0. The van der Waals surface area contributed by atoms with Gasteiger partial charge in [-0.2, -0.15) is 0 Å². The van der Waals surface area contributed by atoms with Gasteiger partial charge in [0.15, 0.2) is 0 Å². The van der Waals surface area contributed by atoms with Crippen LogP contribution >= 0.6 is 0 Å². The van der Waals surface area contributed by atoms with E-state index in [1.54, 1.807) is 6.08 Å². The van der Waals surface area contributed by atoms with E-state index in [0.717, 1.165) is 57.8 Å². The Kier molecular flexibility index (Phi) is 54.5. The molecule has 0 bridgehead atoms. The van der Waals surface area contributed by atoms with E-state index in [9.17, 15) is 19.8 Å². The predicted octanol–water partition coefficient (Wildman–Crippen LogP) is 18.2. The summed E-state index contributed by atoms with van der Waals surface area (Å²) in [4.78, 5) is 24.6. The van der Waals surface area contributed by atoms with Gasteiger partial charge >= 0.3 is 5.97 Å². The topological polar surface area (TPSA) is 95.9 Å². The molecule has 0 aromatic carbocycles. The number of aliphatic hydroxyl groups is 2. The van der Waals surface area contributed by atoms with Crippen molar-refractivity contribution in [3.63, 3.8) is 0 Å². The van der Waals surface area contributed by atoms with Crippen LogP contribution in [0.15, 0.2) is 24.3 Å². The van der Waals surface area contributed by atoms with Crippen LogP contribution in [0, 0.1) is 0 Å². The molecule has 0 aliphatic heterocycles. The minimum absolute atomic E-state index is 0.0181. The first-order valence-electron chi connectivity index (χ1n) is 29.6. The van der Waals surface area contributed by atoms with Crippen molar-refractivity contribution in [1.82, 2.24) is 5.32 Å². The minimum atomic E-state index is -0.858. The maximum absolute atomic E-state index is 12.5. The lowest BCUT2D eigenvalue weighted by Gasteiger charge is -2.20. The number of rotatable bonds is 55. The summed E-state index contributed by atoms with van der Waals surface area (Å²) in [6.07, 6.45) is 67.7. The molecule has 0 heterocycles. The molecule has 390 valence electrons. The van der Waals surface area contributed by atoms with Gasteiger partial charge in [0.25, 0.3) is 0 Å². The van der Waals surface area contributed by atoms with Gasteiger partial charge in [-0.3, -0.25) is 9.59 Å². The van der Waals surface area contributed by atoms with Gasteiger partial charge in [-0.1, -0.05) is 276 Å². The first-order chi connectivity index (χ1) is 32.5. The van der Waals surface area contributed by atoms with Crippen LogP contribution in [0.4, 0.5) is 0 Å². The summed E-state index contributed by atoms with van der Waals surface area (Å²) in [5, 5.41) is 23.2. The molecule has 0 spiro atoms. The van der Waals surface area contributed by atoms with Crippen molar-refractivity contribution in [3.05, 3.63) is 24.3 Å². The third-order valence-electron chi connectivity index (χ3n) is 13.7. The fourth-order valence-corrected chi connectivity index (χ4v) is 9.16. The number of aliphatic hydroxyl groups excluding tert-OH is 2. The van der Waals surface area contributed by atoms with Crippen molar-refractivity contribution in [3.8, 4) is 0 Å². The van der Waals surface area contributed by atoms with Gasteiger partial charge in [-0.05, 0) is 57.8 Å². The fourth-order valence-electron chi connectivity index (χ4n) is 9.16. The summed E-state index contributed by atoms with van der Waals surface area (Å²) < 4.78 is 5.47. The highest BCUT2D eigenvalue weighted by molar-refractivity contribution is 5.76. The van der Waals surface area contributed by atoms with Crippen molar-refractivity contribution < 1.29 is 24.5 Å². The van der Waals surface area contributed by atoms with Crippen molar-refractivity contribution in [2.24, 2.45) is 0 Å². The zero-order valence-electron chi connectivity index (χ0n) is 44.4. The Labute approximate surface area is 411 Å². The monoisotopic (exact) mass is 930 g/mol. The van der Waals surface area contributed by atoms with Gasteiger partial charge in [-0.15, -0.1) is 0 Å². The van der Waals surface area contributed by atoms with E-state index in [-0.39, 0.29) is 18.5 Å². The molecule has 0 saturated carbocycles. The Morgan fingerprint density at radius 3 is 1.08 bits per heavy atom. The molecule has 2 atom stereocenters. The Morgan fingerprint density at radius 2 is 0.712 bits per heavy atom. The van der Waals surface area contributed by atoms with E-state index in [1.165, 1.54) is 238 Å². The predicted molar refractivity (Wildman–Crippen MR) is 287 cm³/mol. The lowest BCUT2D eigenvalue weighted by Crippen LogP contribution is -2.45. The molecule has 0 aromatic heterocycles. The quantitative estimate of drug-likeness (QED) is 0.0321. The maximum Gasteiger partial charge on any atom is 0.305 e. The number of hydrogen-bond donors (Lipinski definition) is 3.